The Kier molecular flexibility index (Phi) is 6.15. The van der Waals surface area contributed by atoms with E-state index < -0.39 is 0 Å². The summed E-state index contributed by atoms with van der Waals surface area (Å²) >= 11 is 1.41. The number of nitrogens with zero attached hydrogens (tertiary/aromatic N) is 4. The van der Waals surface area contributed by atoms with Crippen LogP contribution in [0.4, 0.5) is 0 Å². The summed E-state index contributed by atoms with van der Waals surface area (Å²) in [5, 5.41) is 4.31. The summed E-state index contributed by atoms with van der Waals surface area (Å²) in [6, 6.07) is 5.64. The van der Waals surface area contributed by atoms with Crippen molar-refractivity contribution >= 4 is 27.5 Å². The van der Waals surface area contributed by atoms with Crippen LogP contribution in [-0.2, 0) is 11.3 Å². The van der Waals surface area contributed by atoms with Gasteiger partial charge in [-0.2, -0.15) is 10.1 Å². The minimum atomic E-state index is -0.379. The van der Waals surface area contributed by atoms with Crippen molar-refractivity contribution in [1.29, 1.82) is 0 Å². The van der Waals surface area contributed by atoms with Crippen LogP contribution >= 0.6 is 11.3 Å². The standard InChI is InChI=1S/C19H24N4O4S/c1-12(2)23-7-6-13(21-23)18(24)20-19-22(8-9-25-3)14-10-15(26-4)16(27-5)11-17(14)28-19/h6-7,10-12H,8-9H2,1-5H3. The van der Waals surface area contributed by atoms with Gasteiger partial charge in [0, 0.05) is 38.0 Å². The molecule has 3 aromatic rings. The van der Waals surface area contributed by atoms with E-state index in [1.165, 1.54) is 11.3 Å². The third-order valence-corrected chi connectivity index (χ3v) is 5.30. The molecule has 1 aromatic carbocycles. The Labute approximate surface area is 167 Å². The number of ether oxygens (including phenoxy) is 3. The van der Waals surface area contributed by atoms with Gasteiger partial charge < -0.3 is 18.8 Å². The smallest absolute Gasteiger partial charge is 0.300 e. The van der Waals surface area contributed by atoms with E-state index in [0.717, 1.165) is 10.2 Å². The number of amides is 1. The molecule has 0 N–H and O–H groups in total. The summed E-state index contributed by atoms with van der Waals surface area (Å²) in [6.07, 6.45) is 1.78. The van der Waals surface area contributed by atoms with Gasteiger partial charge in [0.25, 0.3) is 5.91 Å². The summed E-state index contributed by atoms with van der Waals surface area (Å²) in [4.78, 5) is 17.6. The molecule has 0 spiro atoms. The molecule has 0 radical (unpaired) electrons. The van der Waals surface area contributed by atoms with E-state index in [4.69, 9.17) is 14.2 Å². The van der Waals surface area contributed by atoms with Crippen LogP contribution in [0.15, 0.2) is 29.4 Å². The molecule has 0 unspecified atom stereocenters. The molecule has 0 aliphatic rings. The molecule has 8 nitrogen and oxygen atoms in total. The predicted molar refractivity (Wildman–Crippen MR) is 107 cm³/mol. The van der Waals surface area contributed by atoms with Crippen molar-refractivity contribution in [3.63, 3.8) is 0 Å². The molecule has 0 saturated carbocycles. The largest absolute Gasteiger partial charge is 0.493 e. The van der Waals surface area contributed by atoms with E-state index in [1.807, 2.05) is 30.5 Å². The predicted octanol–water partition coefficient (Wildman–Crippen LogP) is 2.88. The van der Waals surface area contributed by atoms with Gasteiger partial charge in [0.15, 0.2) is 22.0 Å². The zero-order chi connectivity index (χ0) is 20.3. The number of hydrogen-bond acceptors (Lipinski definition) is 6. The molecule has 3 rings (SSSR count). The minimum Gasteiger partial charge on any atom is -0.493 e. The number of rotatable bonds is 7. The average molecular weight is 404 g/mol. The highest BCUT2D eigenvalue weighted by Gasteiger charge is 2.15. The van der Waals surface area contributed by atoms with Gasteiger partial charge in [0.2, 0.25) is 0 Å². The van der Waals surface area contributed by atoms with Gasteiger partial charge in [-0.25, -0.2) is 0 Å². The first-order valence-electron chi connectivity index (χ1n) is 8.87. The number of benzene rings is 1. The van der Waals surface area contributed by atoms with E-state index in [1.54, 1.807) is 38.3 Å². The maximum atomic E-state index is 12.7. The van der Waals surface area contributed by atoms with E-state index >= 15 is 0 Å². The Morgan fingerprint density at radius 1 is 1.21 bits per heavy atom. The average Bonchev–Trinajstić information content (AvgIpc) is 3.30. The van der Waals surface area contributed by atoms with Gasteiger partial charge in [0.05, 0.1) is 31.0 Å². The topological polar surface area (TPSA) is 79.9 Å². The number of carbonyl (C=O) groups excluding carboxylic acids is 1. The molecule has 150 valence electrons. The zero-order valence-electron chi connectivity index (χ0n) is 16.6. The molecule has 9 heteroatoms. The maximum Gasteiger partial charge on any atom is 0.300 e. The van der Waals surface area contributed by atoms with Crippen molar-refractivity contribution in [3.05, 3.63) is 34.9 Å². The molecule has 0 aliphatic carbocycles. The Hall–Kier alpha value is -2.65. The number of hydrogen-bond donors (Lipinski definition) is 0. The third-order valence-electron chi connectivity index (χ3n) is 4.26. The van der Waals surface area contributed by atoms with Crippen LogP contribution < -0.4 is 14.3 Å². The second-order valence-corrected chi connectivity index (χ2v) is 7.40. The number of fused-ring (bicyclic) bond motifs is 1. The van der Waals surface area contributed by atoms with Gasteiger partial charge in [0.1, 0.15) is 0 Å². The van der Waals surface area contributed by atoms with Crippen LogP contribution in [0.2, 0.25) is 0 Å². The van der Waals surface area contributed by atoms with Crippen molar-refractivity contribution in [1.82, 2.24) is 14.3 Å². The fraction of sp³-hybridized carbons (Fsp3) is 0.421. The summed E-state index contributed by atoms with van der Waals surface area (Å²) < 4.78 is 20.6. The Morgan fingerprint density at radius 2 is 1.93 bits per heavy atom. The lowest BCUT2D eigenvalue weighted by Crippen LogP contribution is -2.19. The van der Waals surface area contributed by atoms with Crippen LogP contribution in [0.3, 0.4) is 0 Å². The Balaban J connectivity index is 2.11. The lowest BCUT2D eigenvalue weighted by Gasteiger charge is -2.09. The molecule has 0 saturated heterocycles. The summed E-state index contributed by atoms with van der Waals surface area (Å²) in [6.45, 7) is 5.05. The van der Waals surface area contributed by atoms with Gasteiger partial charge >= 0.3 is 0 Å². The second kappa shape index (κ2) is 8.57. The molecule has 0 aliphatic heterocycles. The number of aromatic nitrogens is 3. The Bertz CT molecular complexity index is 1050. The second-order valence-electron chi connectivity index (χ2n) is 6.40. The van der Waals surface area contributed by atoms with Gasteiger partial charge in [-0.05, 0) is 19.9 Å². The summed E-state index contributed by atoms with van der Waals surface area (Å²) in [5.74, 6) is 0.868. The van der Waals surface area contributed by atoms with E-state index in [9.17, 15) is 4.79 Å². The minimum absolute atomic E-state index is 0.178. The van der Waals surface area contributed by atoms with Crippen molar-refractivity contribution in [2.75, 3.05) is 27.9 Å². The lowest BCUT2D eigenvalue weighted by molar-refractivity contribution is 0.0991. The first-order valence-corrected chi connectivity index (χ1v) is 9.68. The normalized spacial score (nSPS) is 12.1. The monoisotopic (exact) mass is 404 g/mol. The molecule has 2 aromatic heterocycles. The van der Waals surface area contributed by atoms with Gasteiger partial charge in [-0.3, -0.25) is 9.48 Å². The van der Waals surface area contributed by atoms with Crippen molar-refractivity contribution in [3.8, 4) is 11.5 Å². The highest BCUT2D eigenvalue weighted by atomic mass is 32.1. The maximum absolute atomic E-state index is 12.7. The molecule has 2 heterocycles. The van der Waals surface area contributed by atoms with Gasteiger partial charge in [-0.15, -0.1) is 0 Å². The fourth-order valence-electron chi connectivity index (χ4n) is 2.76. The fourth-order valence-corrected chi connectivity index (χ4v) is 3.83. The SMILES string of the molecule is COCCn1c(=NC(=O)c2ccn(C(C)C)n2)sc2cc(OC)c(OC)cc21. The van der Waals surface area contributed by atoms with Gasteiger partial charge in [-0.1, -0.05) is 11.3 Å². The van der Waals surface area contributed by atoms with E-state index in [2.05, 4.69) is 10.1 Å². The van der Waals surface area contributed by atoms with Crippen molar-refractivity contribution in [2.24, 2.45) is 4.99 Å². The van der Waals surface area contributed by atoms with Crippen LogP contribution in [0.25, 0.3) is 10.2 Å². The number of carbonyl (C=O) groups is 1. The number of thiazole rings is 1. The first kappa shape index (κ1) is 20.1. The van der Waals surface area contributed by atoms with Crippen molar-refractivity contribution in [2.45, 2.75) is 26.4 Å². The summed E-state index contributed by atoms with van der Waals surface area (Å²) in [7, 11) is 4.82. The molecule has 28 heavy (non-hydrogen) atoms. The first-order chi connectivity index (χ1) is 13.5. The molecule has 1 amide bonds. The molecular weight excluding hydrogens is 380 g/mol. The highest BCUT2D eigenvalue weighted by Crippen LogP contribution is 2.33. The highest BCUT2D eigenvalue weighted by molar-refractivity contribution is 7.16. The quantitative estimate of drug-likeness (QED) is 0.605. The molecule has 0 fully saturated rings. The number of methoxy groups -OCH3 is 3. The summed E-state index contributed by atoms with van der Waals surface area (Å²) in [5.41, 5.74) is 1.22. The van der Waals surface area contributed by atoms with Crippen LogP contribution in [-0.4, -0.2) is 48.2 Å². The van der Waals surface area contributed by atoms with E-state index in [-0.39, 0.29) is 11.9 Å². The molecule has 0 atom stereocenters. The Morgan fingerprint density at radius 3 is 2.54 bits per heavy atom. The van der Waals surface area contributed by atoms with Crippen LogP contribution in [0.5, 0.6) is 11.5 Å². The van der Waals surface area contributed by atoms with Crippen LogP contribution in [0.1, 0.15) is 30.4 Å². The third kappa shape index (κ3) is 3.95. The van der Waals surface area contributed by atoms with Crippen molar-refractivity contribution < 1.29 is 19.0 Å². The van der Waals surface area contributed by atoms with Crippen LogP contribution in [0, 0.1) is 0 Å². The zero-order valence-corrected chi connectivity index (χ0v) is 17.4. The molecular formula is C19H24N4O4S. The lowest BCUT2D eigenvalue weighted by atomic mass is 10.3. The molecule has 0 bridgehead atoms. The van der Waals surface area contributed by atoms with E-state index in [0.29, 0.717) is 35.1 Å².